The first kappa shape index (κ1) is 15.9. The van der Waals surface area contributed by atoms with Crippen LogP contribution >= 0.6 is 0 Å². The van der Waals surface area contributed by atoms with Crippen molar-refractivity contribution in [1.29, 1.82) is 0 Å². The molecule has 0 saturated carbocycles. The summed E-state index contributed by atoms with van der Waals surface area (Å²) in [5.74, 6) is 0.562. The molecule has 1 amide bonds. The van der Waals surface area contributed by atoms with E-state index >= 15 is 0 Å². The molecule has 6 nitrogen and oxygen atoms in total. The standard InChI is InChI=1S/C16H20N4O2/c1-22-10-2-6-19-16(21)14-5-9-18-15(11-14)20-12-13-3-7-17-8-4-13/h3-5,7-9,11H,2,6,10,12H2,1H3,(H,18,20)(H,19,21). The molecule has 0 aliphatic heterocycles. The van der Waals surface area contributed by atoms with E-state index in [1.165, 1.54) is 0 Å². The van der Waals surface area contributed by atoms with Crippen LogP contribution < -0.4 is 10.6 Å². The van der Waals surface area contributed by atoms with Crippen LogP contribution in [0.4, 0.5) is 5.82 Å². The van der Waals surface area contributed by atoms with E-state index in [4.69, 9.17) is 4.74 Å². The second kappa shape index (κ2) is 8.74. The van der Waals surface area contributed by atoms with Gasteiger partial charge in [0.05, 0.1) is 0 Å². The van der Waals surface area contributed by atoms with E-state index < -0.39 is 0 Å². The van der Waals surface area contributed by atoms with Crippen molar-refractivity contribution in [1.82, 2.24) is 15.3 Å². The number of ether oxygens (including phenoxy) is 1. The number of hydrogen-bond donors (Lipinski definition) is 2. The highest BCUT2D eigenvalue weighted by Gasteiger charge is 2.06. The maximum absolute atomic E-state index is 12.0. The minimum absolute atomic E-state index is 0.106. The van der Waals surface area contributed by atoms with E-state index in [1.54, 1.807) is 37.8 Å². The summed E-state index contributed by atoms with van der Waals surface area (Å²) in [7, 11) is 1.64. The maximum atomic E-state index is 12.0. The summed E-state index contributed by atoms with van der Waals surface area (Å²) >= 11 is 0. The number of nitrogens with one attached hydrogen (secondary N) is 2. The average molecular weight is 300 g/mol. The molecule has 0 spiro atoms. The summed E-state index contributed by atoms with van der Waals surface area (Å²) in [6, 6.07) is 7.30. The van der Waals surface area contributed by atoms with Crippen LogP contribution in [0.5, 0.6) is 0 Å². The summed E-state index contributed by atoms with van der Waals surface area (Å²) in [5, 5.41) is 6.05. The van der Waals surface area contributed by atoms with Gasteiger partial charge >= 0.3 is 0 Å². The van der Waals surface area contributed by atoms with E-state index in [9.17, 15) is 4.79 Å². The summed E-state index contributed by atoms with van der Waals surface area (Å²) in [5.41, 5.74) is 1.69. The topological polar surface area (TPSA) is 76.1 Å². The van der Waals surface area contributed by atoms with Crippen molar-refractivity contribution in [2.75, 3.05) is 25.6 Å². The Kier molecular flexibility index (Phi) is 6.32. The van der Waals surface area contributed by atoms with E-state index in [0.717, 1.165) is 12.0 Å². The second-order valence-corrected chi connectivity index (χ2v) is 4.74. The van der Waals surface area contributed by atoms with Crippen molar-refractivity contribution in [3.63, 3.8) is 0 Å². The first-order valence-corrected chi connectivity index (χ1v) is 7.15. The van der Waals surface area contributed by atoms with Crippen molar-refractivity contribution in [3.05, 3.63) is 54.0 Å². The third-order valence-corrected chi connectivity index (χ3v) is 3.06. The van der Waals surface area contributed by atoms with Crippen molar-refractivity contribution < 1.29 is 9.53 Å². The van der Waals surface area contributed by atoms with Crippen LogP contribution in [0.1, 0.15) is 22.3 Å². The molecule has 0 radical (unpaired) electrons. The molecule has 0 fully saturated rings. The molecule has 0 unspecified atom stereocenters. The van der Waals surface area contributed by atoms with E-state index in [0.29, 0.717) is 31.1 Å². The Bertz CT molecular complexity index is 590. The number of carbonyl (C=O) groups is 1. The van der Waals surface area contributed by atoms with Crippen molar-refractivity contribution in [2.45, 2.75) is 13.0 Å². The zero-order valence-electron chi connectivity index (χ0n) is 12.6. The molecule has 22 heavy (non-hydrogen) atoms. The normalized spacial score (nSPS) is 10.2. The number of amides is 1. The van der Waals surface area contributed by atoms with E-state index in [2.05, 4.69) is 20.6 Å². The molecule has 116 valence electrons. The average Bonchev–Trinajstić information content (AvgIpc) is 2.58. The maximum Gasteiger partial charge on any atom is 0.251 e. The Balaban J connectivity index is 1.87. The summed E-state index contributed by atoms with van der Waals surface area (Å²) in [4.78, 5) is 20.2. The SMILES string of the molecule is COCCCNC(=O)c1ccnc(NCc2ccncc2)c1. The highest BCUT2D eigenvalue weighted by Crippen LogP contribution is 2.08. The molecule has 2 aromatic rings. The van der Waals surface area contributed by atoms with Gasteiger partial charge in [0, 0.05) is 51.0 Å². The second-order valence-electron chi connectivity index (χ2n) is 4.74. The highest BCUT2D eigenvalue weighted by molar-refractivity contribution is 5.94. The van der Waals surface area contributed by atoms with Crippen LogP contribution in [0.15, 0.2) is 42.9 Å². The van der Waals surface area contributed by atoms with Gasteiger partial charge in [0.2, 0.25) is 0 Å². The van der Waals surface area contributed by atoms with Gasteiger partial charge in [-0.2, -0.15) is 0 Å². The fourth-order valence-electron chi connectivity index (χ4n) is 1.88. The molecule has 6 heteroatoms. The lowest BCUT2D eigenvalue weighted by molar-refractivity contribution is 0.0948. The molecule has 2 N–H and O–H groups in total. The number of nitrogens with zero attached hydrogens (tertiary/aromatic N) is 2. The lowest BCUT2D eigenvalue weighted by Gasteiger charge is -2.08. The summed E-state index contributed by atoms with van der Waals surface area (Å²) in [6.07, 6.45) is 5.90. The van der Waals surface area contributed by atoms with Gasteiger partial charge in [-0.05, 0) is 36.2 Å². The molecule has 2 aromatic heterocycles. The zero-order valence-corrected chi connectivity index (χ0v) is 12.6. The molecule has 0 aliphatic rings. The third kappa shape index (κ3) is 5.14. The first-order valence-electron chi connectivity index (χ1n) is 7.15. The molecule has 0 aliphatic carbocycles. The van der Waals surface area contributed by atoms with Gasteiger partial charge in [-0.25, -0.2) is 4.98 Å². The van der Waals surface area contributed by atoms with Gasteiger partial charge in [0.15, 0.2) is 0 Å². The Morgan fingerprint density at radius 1 is 1.23 bits per heavy atom. The smallest absolute Gasteiger partial charge is 0.251 e. The van der Waals surface area contributed by atoms with Crippen LogP contribution in [0.25, 0.3) is 0 Å². The van der Waals surface area contributed by atoms with Crippen molar-refractivity contribution in [2.24, 2.45) is 0 Å². The number of anilines is 1. The van der Waals surface area contributed by atoms with Crippen LogP contribution in [-0.2, 0) is 11.3 Å². The number of carbonyl (C=O) groups excluding carboxylic acids is 1. The summed E-state index contributed by atoms with van der Waals surface area (Å²) in [6.45, 7) is 1.86. The third-order valence-electron chi connectivity index (χ3n) is 3.06. The minimum atomic E-state index is -0.106. The molecule has 2 heterocycles. The fraction of sp³-hybridized carbons (Fsp3) is 0.312. The van der Waals surface area contributed by atoms with Crippen LogP contribution in [0.2, 0.25) is 0 Å². The van der Waals surface area contributed by atoms with Gasteiger partial charge in [-0.3, -0.25) is 9.78 Å². The lowest BCUT2D eigenvalue weighted by atomic mass is 10.2. The van der Waals surface area contributed by atoms with Crippen LogP contribution in [0.3, 0.4) is 0 Å². The quantitative estimate of drug-likeness (QED) is 0.728. The number of methoxy groups -OCH3 is 1. The Morgan fingerprint density at radius 3 is 2.82 bits per heavy atom. The van der Waals surface area contributed by atoms with E-state index in [1.807, 2.05) is 12.1 Å². The molecule has 0 aromatic carbocycles. The Labute approximate surface area is 129 Å². The number of rotatable bonds is 8. The zero-order chi connectivity index (χ0) is 15.6. The van der Waals surface area contributed by atoms with Gasteiger partial charge in [0.1, 0.15) is 5.82 Å². The molecule has 2 rings (SSSR count). The largest absolute Gasteiger partial charge is 0.385 e. The van der Waals surface area contributed by atoms with Gasteiger partial charge in [-0.15, -0.1) is 0 Å². The predicted octanol–water partition coefficient (Wildman–Crippen LogP) is 1.85. The molecular formula is C16H20N4O2. The molecule has 0 saturated heterocycles. The highest BCUT2D eigenvalue weighted by atomic mass is 16.5. The lowest BCUT2D eigenvalue weighted by Crippen LogP contribution is -2.25. The van der Waals surface area contributed by atoms with Gasteiger partial charge in [0.25, 0.3) is 5.91 Å². The number of hydrogen-bond acceptors (Lipinski definition) is 5. The number of pyridine rings is 2. The van der Waals surface area contributed by atoms with E-state index in [-0.39, 0.29) is 5.91 Å². The van der Waals surface area contributed by atoms with Crippen molar-refractivity contribution in [3.8, 4) is 0 Å². The number of aromatic nitrogens is 2. The Morgan fingerprint density at radius 2 is 2.05 bits per heavy atom. The van der Waals surface area contributed by atoms with Gasteiger partial charge in [-0.1, -0.05) is 0 Å². The first-order chi connectivity index (χ1) is 10.8. The predicted molar refractivity (Wildman–Crippen MR) is 84.6 cm³/mol. The monoisotopic (exact) mass is 300 g/mol. The van der Waals surface area contributed by atoms with Crippen LogP contribution in [-0.4, -0.2) is 36.1 Å². The molecule has 0 atom stereocenters. The fourth-order valence-corrected chi connectivity index (χ4v) is 1.88. The minimum Gasteiger partial charge on any atom is -0.385 e. The van der Waals surface area contributed by atoms with Gasteiger partial charge < -0.3 is 15.4 Å². The molecule has 0 bridgehead atoms. The Hall–Kier alpha value is -2.47. The summed E-state index contributed by atoms with van der Waals surface area (Å²) < 4.78 is 4.95. The van der Waals surface area contributed by atoms with Crippen molar-refractivity contribution >= 4 is 11.7 Å². The molecular weight excluding hydrogens is 280 g/mol. The van der Waals surface area contributed by atoms with Crippen LogP contribution in [0, 0.1) is 0 Å².